The fourth-order valence-corrected chi connectivity index (χ4v) is 3.08. The molecule has 0 atom stereocenters. The smallest absolute Gasteiger partial charge is 0.254 e. The summed E-state index contributed by atoms with van der Waals surface area (Å²) >= 11 is 0. The highest BCUT2D eigenvalue weighted by molar-refractivity contribution is 5.98. The summed E-state index contributed by atoms with van der Waals surface area (Å²) in [5.74, 6) is -0.990. The first-order valence-electron chi connectivity index (χ1n) is 10.9. The van der Waals surface area contributed by atoms with Gasteiger partial charge in [-0.15, -0.1) is 0 Å². The molecule has 7 heteroatoms. The second-order valence-corrected chi connectivity index (χ2v) is 7.71. The molecule has 0 heterocycles. The molecule has 0 aromatic heterocycles. The van der Waals surface area contributed by atoms with Crippen LogP contribution in [0.1, 0.15) is 41.3 Å². The molecule has 172 valence electrons. The Labute approximate surface area is 190 Å². The Balaban J connectivity index is 1.90. The molecule has 2 rings (SSSR count). The number of amides is 3. The van der Waals surface area contributed by atoms with Crippen molar-refractivity contribution in [3.63, 3.8) is 0 Å². The maximum absolute atomic E-state index is 12.9. The van der Waals surface area contributed by atoms with E-state index in [1.54, 1.807) is 31.4 Å². The van der Waals surface area contributed by atoms with Crippen LogP contribution in [-0.4, -0.2) is 56.0 Å². The molecule has 0 aliphatic carbocycles. The minimum Gasteiger partial charge on any atom is -0.383 e. The van der Waals surface area contributed by atoms with Crippen molar-refractivity contribution in [2.24, 2.45) is 0 Å². The number of methoxy groups -OCH3 is 1. The summed E-state index contributed by atoms with van der Waals surface area (Å²) < 4.78 is 5.09. The van der Waals surface area contributed by atoms with Crippen LogP contribution < -0.4 is 10.6 Å². The minimum atomic E-state index is -0.409. The summed E-state index contributed by atoms with van der Waals surface area (Å²) in [5.41, 5.74) is 3.46. The largest absolute Gasteiger partial charge is 0.383 e. The fourth-order valence-electron chi connectivity index (χ4n) is 3.08. The second kappa shape index (κ2) is 13.3. The third-order valence-corrected chi connectivity index (χ3v) is 4.99. The zero-order valence-corrected chi connectivity index (χ0v) is 19.1. The van der Waals surface area contributed by atoms with E-state index in [-0.39, 0.29) is 31.4 Å². The third-order valence-electron chi connectivity index (χ3n) is 4.99. The summed E-state index contributed by atoms with van der Waals surface area (Å²) in [7, 11) is 1.54. The Bertz CT molecular complexity index is 879. The SMILES string of the molecule is CCCCc1ccc(C(=O)N(CCOC)CC(=O)NCC(=O)Nc2ccc(C)cc2)cc1. The van der Waals surface area contributed by atoms with E-state index in [9.17, 15) is 14.4 Å². The molecule has 0 aliphatic heterocycles. The average molecular weight is 440 g/mol. The summed E-state index contributed by atoms with van der Waals surface area (Å²) in [5, 5.41) is 5.30. The second-order valence-electron chi connectivity index (χ2n) is 7.71. The molecule has 32 heavy (non-hydrogen) atoms. The first-order valence-corrected chi connectivity index (χ1v) is 10.9. The molecule has 7 nitrogen and oxygen atoms in total. The predicted octanol–water partition coefficient (Wildman–Crippen LogP) is 3.18. The van der Waals surface area contributed by atoms with Gasteiger partial charge in [0.25, 0.3) is 5.91 Å². The van der Waals surface area contributed by atoms with E-state index in [0.29, 0.717) is 17.9 Å². The lowest BCUT2D eigenvalue weighted by molar-refractivity contribution is -0.124. The molecule has 0 fully saturated rings. The highest BCUT2D eigenvalue weighted by Crippen LogP contribution is 2.11. The molecule has 0 bridgehead atoms. The normalized spacial score (nSPS) is 10.5. The number of ether oxygens (including phenoxy) is 1. The quantitative estimate of drug-likeness (QED) is 0.532. The van der Waals surface area contributed by atoms with Crippen molar-refractivity contribution in [3.8, 4) is 0 Å². The van der Waals surface area contributed by atoms with Gasteiger partial charge < -0.3 is 20.3 Å². The number of nitrogens with zero attached hydrogens (tertiary/aromatic N) is 1. The molecule has 0 saturated carbocycles. The molecule has 3 amide bonds. The molecule has 0 radical (unpaired) electrons. The van der Waals surface area contributed by atoms with Crippen LogP contribution in [0.2, 0.25) is 0 Å². The van der Waals surface area contributed by atoms with Gasteiger partial charge in [0.1, 0.15) is 0 Å². The van der Waals surface area contributed by atoms with Crippen LogP contribution in [0.15, 0.2) is 48.5 Å². The van der Waals surface area contributed by atoms with Crippen molar-refractivity contribution in [3.05, 3.63) is 65.2 Å². The first kappa shape index (κ1) is 25.1. The lowest BCUT2D eigenvalue weighted by Gasteiger charge is -2.22. The van der Waals surface area contributed by atoms with E-state index in [1.807, 2.05) is 31.2 Å². The molecule has 2 N–H and O–H groups in total. The molecular formula is C25H33N3O4. The van der Waals surface area contributed by atoms with E-state index in [2.05, 4.69) is 17.6 Å². The number of hydrogen-bond donors (Lipinski definition) is 2. The van der Waals surface area contributed by atoms with Gasteiger partial charge in [-0.1, -0.05) is 43.2 Å². The van der Waals surface area contributed by atoms with Gasteiger partial charge >= 0.3 is 0 Å². The van der Waals surface area contributed by atoms with Crippen molar-refractivity contribution in [1.82, 2.24) is 10.2 Å². The molecule has 0 aliphatic rings. The number of carbonyl (C=O) groups excluding carboxylic acids is 3. The Morgan fingerprint density at radius 2 is 1.66 bits per heavy atom. The van der Waals surface area contributed by atoms with Gasteiger partial charge in [0.2, 0.25) is 11.8 Å². The van der Waals surface area contributed by atoms with Crippen LogP contribution in [-0.2, 0) is 20.7 Å². The molecule has 0 saturated heterocycles. The zero-order chi connectivity index (χ0) is 23.3. The standard InChI is InChI=1S/C25H33N3O4/c1-4-5-6-20-9-11-21(12-10-20)25(31)28(15-16-32-3)18-24(30)26-17-23(29)27-22-13-7-19(2)8-14-22/h7-14H,4-6,15-18H2,1-3H3,(H,26,30)(H,27,29). The van der Waals surface area contributed by atoms with Crippen molar-refractivity contribution < 1.29 is 19.1 Å². The lowest BCUT2D eigenvalue weighted by atomic mass is 10.1. The monoisotopic (exact) mass is 439 g/mol. The molecule has 2 aromatic carbocycles. The number of carbonyl (C=O) groups is 3. The van der Waals surface area contributed by atoms with Crippen molar-refractivity contribution in [2.75, 3.05) is 38.7 Å². The summed E-state index contributed by atoms with van der Waals surface area (Å²) in [6.07, 6.45) is 3.19. The van der Waals surface area contributed by atoms with Crippen LogP contribution in [0.5, 0.6) is 0 Å². The maximum atomic E-state index is 12.9. The average Bonchev–Trinajstić information content (AvgIpc) is 2.80. The number of aryl methyl sites for hydroxylation is 2. The number of rotatable bonds is 12. The van der Waals surface area contributed by atoms with E-state index in [0.717, 1.165) is 24.8 Å². The zero-order valence-electron chi connectivity index (χ0n) is 19.1. The van der Waals surface area contributed by atoms with Crippen LogP contribution in [0.4, 0.5) is 5.69 Å². The van der Waals surface area contributed by atoms with Gasteiger partial charge in [-0.2, -0.15) is 0 Å². The highest BCUT2D eigenvalue weighted by Gasteiger charge is 2.19. The van der Waals surface area contributed by atoms with Gasteiger partial charge in [0, 0.05) is 24.9 Å². The van der Waals surface area contributed by atoms with Gasteiger partial charge in [0.05, 0.1) is 19.7 Å². The van der Waals surface area contributed by atoms with Crippen LogP contribution in [0.3, 0.4) is 0 Å². The predicted molar refractivity (Wildman–Crippen MR) is 126 cm³/mol. The number of nitrogens with one attached hydrogen (secondary N) is 2. The number of unbranched alkanes of at least 4 members (excludes halogenated alkanes) is 1. The third kappa shape index (κ3) is 8.51. The van der Waals surface area contributed by atoms with Crippen LogP contribution >= 0.6 is 0 Å². The van der Waals surface area contributed by atoms with Crippen LogP contribution in [0, 0.1) is 6.92 Å². The first-order chi connectivity index (χ1) is 15.4. The Morgan fingerprint density at radius 1 is 0.969 bits per heavy atom. The van der Waals surface area contributed by atoms with Gasteiger partial charge in [-0.3, -0.25) is 14.4 Å². The van der Waals surface area contributed by atoms with E-state index in [1.165, 1.54) is 10.5 Å². The highest BCUT2D eigenvalue weighted by atomic mass is 16.5. The Hall–Kier alpha value is -3.19. The Morgan fingerprint density at radius 3 is 2.28 bits per heavy atom. The van der Waals surface area contributed by atoms with E-state index in [4.69, 9.17) is 4.74 Å². The fraction of sp³-hybridized carbons (Fsp3) is 0.400. The molecule has 0 unspecified atom stereocenters. The summed E-state index contributed by atoms with van der Waals surface area (Å²) in [6, 6.07) is 14.9. The topological polar surface area (TPSA) is 87.7 Å². The number of hydrogen-bond acceptors (Lipinski definition) is 4. The van der Waals surface area contributed by atoms with Crippen molar-refractivity contribution in [2.45, 2.75) is 33.1 Å². The maximum Gasteiger partial charge on any atom is 0.254 e. The van der Waals surface area contributed by atoms with E-state index >= 15 is 0 Å². The molecule has 2 aromatic rings. The molecular weight excluding hydrogens is 406 g/mol. The van der Waals surface area contributed by atoms with Gasteiger partial charge in [0.15, 0.2) is 0 Å². The lowest BCUT2D eigenvalue weighted by Crippen LogP contribution is -2.44. The van der Waals surface area contributed by atoms with Crippen LogP contribution in [0.25, 0.3) is 0 Å². The van der Waals surface area contributed by atoms with Crippen molar-refractivity contribution in [1.29, 1.82) is 0 Å². The summed E-state index contributed by atoms with van der Waals surface area (Å²) in [4.78, 5) is 38.9. The Kier molecular flexibility index (Phi) is 10.4. The number of anilines is 1. The number of benzene rings is 2. The van der Waals surface area contributed by atoms with Gasteiger partial charge in [-0.25, -0.2) is 0 Å². The van der Waals surface area contributed by atoms with E-state index < -0.39 is 5.91 Å². The van der Waals surface area contributed by atoms with Crippen molar-refractivity contribution >= 4 is 23.4 Å². The molecule has 0 spiro atoms. The summed E-state index contributed by atoms with van der Waals surface area (Å²) in [6.45, 7) is 4.35. The van der Waals surface area contributed by atoms with Gasteiger partial charge in [-0.05, 0) is 49.6 Å². The minimum absolute atomic E-state index is 0.155.